The number of fused-ring (bicyclic) bond motifs is 3. The number of aryl methyl sites for hydroxylation is 1. The highest BCUT2D eigenvalue weighted by molar-refractivity contribution is 6.30. The molecule has 0 saturated carbocycles. The number of imidazole rings is 1. The van der Waals surface area contributed by atoms with Crippen LogP contribution in [0.4, 0.5) is 11.6 Å². The highest BCUT2D eigenvalue weighted by Crippen LogP contribution is 2.33. The van der Waals surface area contributed by atoms with Gasteiger partial charge in [-0.25, -0.2) is 4.79 Å². The number of allylic oxidation sites excluding steroid dienone is 1. The van der Waals surface area contributed by atoms with E-state index in [1.54, 1.807) is 13.1 Å². The topological polar surface area (TPSA) is 65.1 Å². The second kappa shape index (κ2) is 6.42. The first-order chi connectivity index (χ1) is 12.9. The lowest BCUT2D eigenvalue weighted by atomic mass is 10.1. The maximum atomic E-state index is 13.0. The van der Waals surface area contributed by atoms with E-state index in [1.807, 2.05) is 28.8 Å². The summed E-state index contributed by atoms with van der Waals surface area (Å²) in [6.07, 6.45) is 1.55. The molecule has 27 heavy (non-hydrogen) atoms. The van der Waals surface area contributed by atoms with Gasteiger partial charge in [0.2, 0.25) is 5.95 Å². The van der Waals surface area contributed by atoms with Gasteiger partial charge in [-0.1, -0.05) is 24.6 Å². The van der Waals surface area contributed by atoms with Gasteiger partial charge in [0.15, 0.2) is 11.2 Å². The molecule has 1 atom stereocenters. The third kappa shape index (κ3) is 2.70. The summed E-state index contributed by atoms with van der Waals surface area (Å²) in [5.74, 6) is 0.962. The minimum absolute atomic E-state index is 0.165. The molecule has 4 rings (SSSR count). The molecule has 3 aromatic rings. The number of aromatic nitrogens is 4. The van der Waals surface area contributed by atoms with Gasteiger partial charge in [0.05, 0.1) is 0 Å². The first-order valence-corrected chi connectivity index (χ1v) is 9.14. The van der Waals surface area contributed by atoms with Crippen LogP contribution in [-0.2, 0) is 20.1 Å². The third-order valence-electron chi connectivity index (χ3n) is 4.89. The van der Waals surface area contributed by atoms with Crippen molar-refractivity contribution in [3.8, 4) is 0 Å². The predicted molar refractivity (Wildman–Crippen MR) is 107 cm³/mol. The van der Waals surface area contributed by atoms with Crippen molar-refractivity contribution in [1.29, 1.82) is 0 Å². The second-order valence-corrected chi connectivity index (χ2v) is 7.37. The monoisotopic (exact) mass is 385 g/mol. The lowest BCUT2D eigenvalue weighted by molar-refractivity contribution is 0.458. The number of nitrogens with zero attached hydrogens (tertiary/aromatic N) is 5. The summed E-state index contributed by atoms with van der Waals surface area (Å²) in [6.45, 7) is 7.36. The van der Waals surface area contributed by atoms with Crippen molar-refractivity contribution >= 4 is 34.4 Å². The van der Waals surface area contributed by atoms with E-state index in [0.717, 1.165) is 12.2 Å². The van der Waals surface area contributed by atoms with Gasteiger partial charge < -0.3 is 9.47 Å². The van der Waals surface area contributed by atoms with E-state index in [2.05, 4.69) is 23.4 Å². The SMILES string of the molecule is C=CCn1c(=O)c2c(nc3n2CC(C)CN3c2ccc(Cl)cc2)n(C)c1=O. The smallest absolute Gasteiger partial charge is 0.312 e. The Kier molecular flexibility index (Phi) is 4.19. The van der Waals surface area contributed by atoms with E-state index in [0.29, 0.717) is 34.6 Å². The van der Waals surface area contributed by atoms with Crippen LogP contribution in [0.25, 0.3) is 11.2 Å². The number of hydrogen-bond donors (Lipinski definition) is 0. The molecule has 2 aromatic heterocycles. The van der Waals surface area contributed by atoms with Crippen LogP contribution in [0.5, 0.6) is 0 Å². The Balaban J connectivity index is 2.02. The molecule has 0 aliphatic carbocycles. The quantitative estimate of drug-likeness (QED) is 0.650. The lowest BCUT2D eigenvalue weighted by Gasteiger charge is -2.33. The molecule has 140 valence electrons. The van der Waals surface area contributed by atoms with Gasteiger partial charge in [0, 0.05) is 37.4 Å². The Hall–Kier alpha value is -2.80. The van der Waals surface area contributed by atoms with Crippen molar-refractivity contribution in [2.24, 2.45) is 13.0 Å². The van der Waals surface area contributed by atoms with Crippen molar-refractivity contribution in [2.45, 2.75) is 20.0 Å². The van der Waals surface area contributed by atoms with E-state index in [4.69, 9.17) is 11.6 Å². The molecule has 3 heterocycles. The molecule has 0 radical (unpaired) electrons. The summed E-state index contributed by atoms with van der Waals surface area (Å²) in [5.41, 5.74) is 1.05. The van der Waals surface area contributed by atoms with E-state index < -0.39 is 5.69 Å². The minimum atomic E-state index is -0.395. The Labute approximate surface area is 160 Å². The Morgan fingerprint density at radius 2 is 1.96 bits per heavy atom. The molecular weight excluding hydrogens is 366 g/mol. The highest BCUT2D eigenvalue weighted by Gasteiger charge is 2.29. The zero-order valence-corrected chi connectivity index (χ0v) is 16.0. The zero-order valence-electron chi connectivity index (χ0n) is 15.2. The third-order valence-corrected chi connectivity index (χ3v) is 5.14. The van der Waals surface area contributed by atoms with E-state index in [1.165, 1.54) is 9.13 Å². The van der Waals surface area contributed by atoms with Gasteiger partial charge in [-0.15, -0.1) is 6.58 Å². The zero-order chi connectivity index (χ0) is 19.3. The number of benzene rings is 1. The van der Waals surface area contributed by atoms with Crippen LogP contribution in [0.2, 0.25) is 5.02 Å². The van der Waals surface area contributed by atoms with Crippen LogP contribution in [0.3, 0.4) is 0 Å². The van der Waals surface area contributed by atoms with Crippen LogP contribution in [-0.4, -0.2) is 25.2 Å². The van der Waals surface area contributed by atoms with Gasteiger partial charge in [-0.3, -0.25) is 13.9 Å². The van der Waals surface area contributed by atoms with Gasteiger partial charge in [-0.05, 0) is 30.2 Å². The molecule has 0 amide bonds. The van der Waals surface area contributed by atoms with Crippen molar-refractivity contribution in [3.63, 3.8) is 0 Å². The van der Waals surface area contributed by atoms with E-state index >= 15 is 0 Å². The second-order valence-electron chi connectivity index (χ2n) is 6.93. The molecule has 1 aromatic carbocycles. The van der Waals surface area contributed by atoms with Gasteiger partial charge in [0.25, 0.3) is 5.56 Å². The van der Waals surface area contributed by atoms with Gasteiger partial charge in [-0.2, -0.15) is 4.98 Å². The minimum Gasteiger partial charge on any atom is -0.312 e. The maximum absolute atomic E-state index is 13.0. The van der Waals surface area contributed by atoms with Crippen molar-refractivity contribution in [3.05, 3.63) is 62.8 Å². The molecule has 0 saturated heterocycles. The van der Waals surface area contributed by atoms with Crippen LogP contribution in [0.1, 0.15) is 6.92 Å². The molecule has 8 heteroatoms. The number of rotatable bonds is 3. The molecule has 1 aliphatic heterocycles. The molecule has 0 bridgehead atoms. The van der Waals surface area contributed by atoms with Crippen molar-refractivity contribution < 1.29 is 0 Å². The van der Waals surface area contributed by atoms with E-state index in [-0.39, 0.29) is 12.1 Å². The summed E-state index contributed by atoms with van der Waals surface area (Å²) in [5, 5.41) is 0.659. The number of anilines is 2. The summed E-state index contributed by atoms with van der Waals surface area (Å²) in [7, 11) is 1.64. The van der Waals surface area contributed by atoms with Crippen LogP contribution in [0.15, 0.2) is 46.5 Å². The lowest BCUT2D eigenvalue weighted by Crippen LogP contribution is -2.40. The molecule has 0 spiro atoms. The fourth-order valence-corrected chi connectivity index (χ4v) is 3.76. The first kappa shape index (κ1) is 17.6. The molecule has 7 nitrogen and oxygen atoms in total. The van der Waals surface area contributed by atoms with Gasteiger partial charge in [0.1, 0.15) is 0 Å². The highest BCUT2D eigenvalue weighted by atomic mass is 35.5. The van der Waals surface area contributed by atoms with Crippen LogP contribution < -0.4 is 16.1 Å². The normalized spacial score (nSPS) is 16.6. The molecule has 1 unspecified atom stereocenters. The maximum Gasteiger partial charge on any atom is 0.332 e. The van der Waals surface area contributed by atoms with Gasteiger partial charge >= 0.3 is 5.69 Å². The molecule has 1 aliphatic rings. The standard InChI is InChI=1S/C19H20ClN5O2/c1-4-9-23-17(26)15-16(22(3)19(23)27)21-18-24(10-12(2)11-25(15)18)14-7-5-13(20)6-8-14/h4-8,12H,1,9-11H2,2-3H3. The van der Waals surface area contributed by atoms with Crippen molar-refractivity contribution in [1.82, 2.24) is 18.7 Å². The van der Waals surface area contributed by atoms with E-state index in [9.17, 15) is 9.59 Å². The largest absolute Gasteiger partial charge is 0.332 e. The molecule has 0 fully saturated rings. The summed E-state index contributed by atoms with van der Waals surface area (Å²) in [6, 6.07) is 7.52. The van der Waals surface area contributed by atoms with Crippen molar-refractivity contribution in [2.75, 3.05) is 11.4 Å². The fraction of sp³-hybridized carbons (Fsp3) is 0.316. The first-order valence-electron chi connectivity index (χ1n) is 8.76. The summed E-state index contributed by atoms with van der Waals surface area (Å²) in [4.78, 5) is 32.3. The Morgan fingerprint density at radius 3 is 2.63 bits per heavy atom. The number of halogens is 1. The Morgan fingerprint density at radius 1 is 1.26 bits per heavy atom. The average Bonchev–Trinajstić information content (AvgIpc) is 3.03. The summed E-state index contributed by atoms with van der Waals surface area (Å²) < 4.78 is 4.53. The van der Waals surface area contributed by atoms with Crippen LogP contribution in [0, 0.1) is 5.92 Å². The van der Waals surface area contributed by atoms with Crippen LogP contribution >= 0.6 is 11.6 Å². The average molecular weight is 386 g/mol. The summed E-state index contributed by atoms with van der Waals surface area (Å²) >= 11 is 6.02. The fourth-order valence-electron chi connectivity index (χ4n) is 3.63. The number of hydrogen-bond acceptors (Lipinski definition) is 4. The Bertz CT molecular complexity index is 1160. The molecule has 0 N–H and O–H groups in total. The molecular formula is C19H20ClN5O2. The predicted octanol–water partition coefficient (Wildman–Crippen LogP) is 2.52.